The molecule has 134 valence electrons. The van der Waals surface area contributed by atoms with Gasteiger partial charge >= 0.3 is 5.97 Å². The summed E-state index contributed by atoms with van der Waals surface area (Å²) in [6, 6.07) is 13.3. The molecular weight excluding hydrogens is 340 g/mol. The third-order valence-corrected chi connectivity index (χ3v) is 5.25. The molecule has 2 rings (SSSR count). The summed E-state index contributed by atoms with van der Waals surface area (Å²) in [7, 11) is -3.81. The lowest BCUT2D eigenvalue weighted by molar-refractivity contribution is 0.0697. The normalized spacial score (nSPS) is 12.6. The van der Waals surface area contributed by atoms with Crippen molar-refractivity contribution in [3.05, 3.63) is 59.7 Å². The van der Waals surface area contributed by atoms with Crippen LogP contribution in [0.1, 0.15) is 36.2 Å². The third kappa shape index (κ3) is 5.04. The molecule has 0 bridgehead atoms. The van der Waals surface area contributed by atoms with Crippen molar-refractivity contribution >= 4 is 21.7 Å². The summed E-state index contributed by atoms with van der Waals surface area (Å²) in [5, 5.41) is 12.5. The smallest absolute Gasteiger partial charge is 0.337 e. The van der Waals surface area contributed by atoms with Crippen molar-refractivity contribution in [3.8, 4) is 0 Å². The molecule has 25 heavy (non-hydrogen) atoms. The van der Waals surface area contributed by atoms with Gasteiger partial charge in [-0.25, -0.2) is 17.9 Å². The van der Waals surface area contributed by atoms with Crippen molar-refractivity contribution in [2.75, 3.05) is 5.32 Å². The summed E-state index contributed by atoms with van der Waals surface area (Å²) in [5.74, 6) is -1.18. The Balaban J connectivity index is 2.25. The number of carbonyl (C=O) groups is 1. The molecule has 1 atom stereocenters. The van der Waals surface area contributed by atoms with E-state index in [-0.39, 0.29) is 23.0 Å². The summed E-state index contributed by atoms with van der Waals surface area (Å²) in [5.41, 5.74) is 1.16. The highest BCUT2D eigenvalue weighted by atomic mass is 32.2. The van der Waals surface area contributed by atoms with Crippen molar-refractivity contribution in [3.63, 3.8) is 0 Å². The van der Waals surface area contributed by atoms with Gasteiger partial charge in [0.1, 0.15) is 0 Å². The molecule has 0 saturated heterocycles. The van der Waals surface area contributed by atoms with Gasteiger partial charge in [0.05, 0.1) is 10.5 Å². The van der Waals surface area contributed by atoms with Gasteiger partial charge in [0.15, 0.2) is 0 Å². The number of hydrogen-bond donors (Lipinski definition) is 3. The second-order valence-electron chi connectivity index (χ2n) is 5.78. The standard InChI is InChI=1S/C18H22N2O4S/c1-3-13(2)20-17-10-9-15(11-16(17)18(21)22)25(23,24)19-12-14-7-5-4-6-8-14/h4-11,13,19-20H,3,12H2,1-2H3,(H,21,22)/t13-/m0/s1. The van der Waals surface area contributed by atoms with Gasteiger partial charge in [-0.2, -0.15) is 0 Å². The molecule has 2 aromatic carbocycles. The minimum atomic E-state index is -3.81. The van der Waals surface area contributed by atoms with E-state index in [4.69, 9.17) is 0 Å². The highest BCUT2D eigenvalue weighted by Gasteiger charge is 2.19. The third-order valence-electron chi connectivity index (χ3n) is 3.86. The van der Waals surface area contributed by atoms with Crippen molar-refractivity contribution in [1.29, 1.82) is 0 Å². The van der Waals surface area contributed by atoms with Crippen LogP contribution >= 0.6 is 0 Å². The maximum atomic E-state index is 12.4. The van der Waals surface area contributed by atoms with Crippen LogP contribution in [-0.2, 0) is 16.6 Å². The molecule has 0 aliphatic heterocycles. The maximum absolute atomic E-state index is 12.4. The van der Waals surface area contributed by atoms with Gasteiger partial charge in [-0.1, -0.05) is 37.3 Å². The molecule has 0 spiro atoms. The Morgan fingerprint density at radius 1 is 1.16 bits per heavy atom. The number of benzene rings is 2. The zero-order valence-electron chi connectivity index (χ0n) is 14.2. The Labute approximate surface area is 147 Å². The summed E-state index contributed by atoms with van der Waals surface area (Å²) < 4.78 is 27.4. The van der Waals surface area contributed by atoms with Gasteiger partial charge in [-0.3, -0.25) is 0 Å². The quantitative estimate of drug-likeness (QED) is 0.671. The number of sulfonamides is 1. The molecule has 0 aliphatic rings. The first-order valence-corrected chi connectivity index (χ1v) is 9.49. The summed E-state index contributed by atoms with van der Waals surface area (Å²) >= 11 is 0. The lowest BCUT2D eigenvalue weighted by atomic mass is 10.1. The fourth-order valence-electron chi connectivity index (χ4n) is 2.22. The molecule has 0 amide bonds. The van der Waals surface area contributed by atoms with Crippen LogP contribution < -0.4 is 10.0 Å². The average Bonchev–Trinajstić information content (AvgIpc) is 2.60. The molecule has 2 aromatic rings. The van der Waals surface area contributed by atoms with Crippen molar-refractivity contribution in [1.82, 2.24) is 4.72 Å². The number of nitrogens with one attached hydrogen (secondary N) is 2. The molecule has 0 aliphatic carbocycles. The fraction of sp³-hybridized carbons (Fsp3) is 0.278. The van der Waals surface area contributed by atoms with Crippen LogP contribution in [0.2, 0.25) is 0 Å². The van der Waals surface area contributed by atoms with E-state index < -0.39 is 16.0 Å². The van der Waals surface area contributed by atoms with Crippen LogP contribution in [0.5, 0.6) is 0 Å². The second-order valence-corrected chi connectivity index (χ2v) is 7.54. The van der Waals surface area contributed by atoms with E-state index in [1.54, 1.807) is 0 Å². The molecule has 3 N–H and O–H groups in total. The van der Waals surface area contributed by atoms with Gasteiger partial charge in [-0.15, -0.1) is 0 Å². The minimum absolute atomic E-state index is 0.0668. The number of anilines is 1. The van der Waals surface area contributed by atoms with E-state index in [1.807, 2.05) is 44.2 Å². The van der Waals surface area contributed by atoms with Crippen LogP contribution in [-0.4, -0.2) is 25.5 Å². The molecule has 0 saturated carbocycles. The van der Waals surface area contributed by atoms with Crippen molar-refractivity contribution in [2.45, 2.75) is 37.8 Å². The Bertz CT molecular complexity index is 835. The van der Waals surface area contributed by atoms with E-state index in [9.17, 15) is 18.3 Å². The monoisotopic (exact) mass is 362 g/mol. The zero-order valence-corrected chi connectivity index (χ0v) is 15.0. The minimum Gasteiger partial charge on any atom is -0.478 e. The lowest BCUT2D eigenvalue weighted by Gasteiger charge is -2.16. The van der Waals surface area contributed by atoms with Crippen LogP contribution in [0.3, 0.4) is 0 Å². The van der Waals surface area contributed by atoms with Crippen LogP contribution in [0.15, 0.2) is 53.4 Å². The number of aromatic carboxylic acids is 1. The van der Waals surface area contributed by atoms with Crippen molar-refractivity contribution < 1.29 is 18.3 Å². The zero-order chi connectivity index (χ0) is 18.4. The number of carboxylic acids is 1. The molecule has 0 aromatic heterocycles. The number of hydrogen-bond acceptors (Lipinski definition) is 4. The van der Waals surface area contributed by atoms with E-state index in [0.29, 0.717) is 5.69 Å². The predicted octanol–water partition coefficient (Wildman–Crippen LogP) is 3.07. The molecule has 0 fully saturated rings. The van der Waals surface area contributed by atoms with E-state index in [2.05, 4.69) is 10.0 Å². The summed E-state index contributed by atoms with van der Waals surface area (Å²) in [4.78, 5) is 11.4. The SMILES string of the molecule is CC[C@H](C)Nc1ccc(S(=O)(=O)NCc2ccccc2)cc1C(=O)O. The summed E-state index contributed by atoms with van der Waals surface area (Å²) in [6.07, 6.45) is 0.817. The lowest BCUT2D eigenvalue weighted by Crippen LogP contribution is -2.24. The fourth-order valence-corrected chi connectivity index (χ4v) is 3.26. The second kappa shape index (κ2) is 8.13. The first-order chi connectivity index (χ1) is 11.8. The summed E-state index contributed by atoms with van der Waals surface area (Å²) in [6.45, 7) is 4.04. The first-order valence-electron chi connectivity index (χ1n) is 8.01. The Morgan fingerprint density at radius 3 is 2.44 bits per heavy atom. The molecule has 7 heteroatoms. The van der Waals surface area contributed by atoms with E-state index in [1.165, 1.54) is 18.2 Å². The van der Waals surface area contributed by atoms with Crippen LogP contribution in [0.4, 0.5) is 5.69 Å². The van der Waals surface area contributed by atoms with Crippen molar-refractivity contribution in [2.24, 2.45) is 0 Å². The molecule has 0 radical (unpaired) electrons. The van der Waals surface area contributed by atoms with Gasteiger partial charge in [0.25, 0.3) is 0 Å². The largest absolute Gasteiger partial charge is 0.478 e. The Morgan fingerprint density at radius 2 is 1.84 bits per heavy atom. The van der Waals surface area contributed by atoms with E-state index >= 15 is 0 Å². The van der Waals surface area contributed by atoms with Gasteiger partial charge in [-0.05, 0) is 37.1 Å². The molecule has 6 nitrogen and oxygen atoms in total. The number of rotatable bonds is 8. The highest BCUT2D eigenvalue weighted by molar-refractivity contribution is 7.89. The highest BCUT2D eigenvalue weighted by Crippen LogP contribution is 2.22. The Hall–Kier alpha value is -2.38. The molecule has 0 heterocycles. The van der Waals surface area contributed by atoms with Gasteiger partial charge in [0.2, 0.25) is 10.0 Å². The number of carboxylic acid groups (broad SMARTS) is 1. The average molecular weight is 362 g/mol. The Kier molecular flexibility index (Phi) is 6.17. The van der Waals surface area contributed by atoms with Crippen LogP contribution in [0.25, 0.3) is 0 Å². The van der Waals surface area contributed by atoms with Gasteiger partial charge in [0, 0.05) is 18.3 Å². The molecule has 0 unspecified atom stereocenters. The van der Waals surface area contributed by atoms with E-state index in [0.717, 1.165) is 12.0 Å². The van der Waals surface area contributed by atoms with Crippen LogP contribution in [0, 0.1) is 0 Å². The predicted molar refractivity (Wildman–Crippen MR) is 97.2 cm³/mol. The first kappa shape index (κ1) is 19.0. The topological polar surface area (TPSA) is 95.5 Å². The maximum Gasteiger partial charge on any atom is 0.337 e. The molecular formula is C18H22N2O4S. The van der Waals surface area contributed by atoms with Gasteiger partial charge < -0.3 is 10.4 Å².